The Labute approximate surface area is 125 Å². The number of aryl methyl sites for hydroxylation is 1. The first kappa shape index (κ1) is 16.0. The topological polar surface area (TPSA) is 86.7 Å². The molecule has 6 nitrogen and oxygen atoms in total. The smallest absolute Gasteiger partial charge is 0.307 e. The van der Waals surface area contributed by atoms with Crippen molar-refractivity contribution in [2.75, 3.05) is 13.1 Å². The van der Waals surface area contributed by atoms with E-state index in [1.165, 1.54) is 0 Å². The molecule has 0 bridgehead atoms. The van der Waals surface area contributed by atoms with Gasteiger partial charge < -0.3 is 9.92 Å². The maximum Gasteiger partial charge on any atom is 0.307 e. The Bertz CT molecular complexity index is 618. The summed E-state index contributed by atoms with van der Waals surface area (Å²) in [4.78, 5) is 13.2. The van der Waals surface area contributed by atoms with E-state index in [1.54, 1.807) is 32.2 Å². The molecule has 2 rings (SSSR count). The highest BCUT2D eigenvalue weighted by atomic mass is 32.2. The molecule has 1 fully saturated rings. The fourth-order valence-electron chi connectivity index (χ4n) is 2.59. The average molecular weight is 310 g/mol. The summed E-state index contributed by atoms with van der Waals surface area (Å²) >= 11 is 0. The van der Waals surface area contributed by atoms with Crippen molar-refractivity contribution >= 4 is 24.0 Å². The molecule has 1 aromatic carbocycles. The Kier molecular flexibility index (Phi) is 4.70. The molecule has 0 saturated carbocycles. The molecule has 0 unspecified atom stereocenters. The lowest BCUT2D eigenvalue weighted by Crippen LogP contribution is -2.51. The molecule has 0 radical (unpaired) electrons. The van der Waals surface area contributed by atoms with Gasteiger partial charge in [0.05, 0.1) is 10.8 Å². The van der Waals surface area contributed by atoms with Crippen molar-refractivity contribution < 1.29 is 18.3 Å². The zero-order valence-corrected chi connectivity index (χ0v) is 12.9. The van der Waals surface area contributed by atoms with Gasteiger partial charge in [-0.1, -0.05) is 17.7 Å². The Morgan fingerprint density at radius 2 is 1.95 bits per heavy atom. The monoisotopic (exact) mass is 310 g/mol. The predicted molar refractivity (Wildman–Crippen MR) is 81.1 cm³/mol. The molecule has 21 heavy (non-hydrogen) atoms. The summed E-state index contributed by atoms with van der Waals surface area (Å²) in [5, 5.41) is 9.12. The number of nitrogens with one attached hydrogen (secondary N) is 1. The number of sulfonamides is 1. The zero-order valence-electron chi connectivity index (χ0n) is 12.1. The van der Waals surface area contributed by atoms with Crippen LogP contribution in [0.5, 0.6) is 0 Å². The Morgan fingerprint density at radius 1 is 1.33 bits per heavy atom. The third-order valence-electron chi connectivity index (χ3n) is 3.64. The third-order valence-corrected chi connectivity index (χ3v) is 5.17. The van der Waals surface area contributed by atoms with E-state index in [9.17, 15) is 13.2 Å². The lowest BCUT2D eigenvalue weighted by atomic mass is 9.93. The highest BCUT2D eigenvalue weighted by Crippen LogP contribution is 2.18. The van der Waals surface area contributed by atoms with E-state index in [2.05, 4.69) is 4.72 Å². The SMILES string of the molecule is BN1C[C@H](NS(=O)(=O)c2ccc(C)cc2)C[C@H](C(=O)O)C1. The predicted octanol–water partition coefficient (Wildman–Crippen LogP) is -0.403. The molecule has 0 spiro atoms. The largest absolute Gasteiger partial charge is 0.481 e. The van der Waals surface area contributed by atoms with Gasteiger partial charge in [-0.15, -0.1) is 0 Å². The summed E-state index contributed by atoms with van der Waals surface area (Å²) in [5.74, 6) is -1.43. The molecule has 1 aliphatic rings. The number of carboxylic acid groups (broad SMARTS) is 1. The van der Waals surface area contributed by atoms with Crippen LogP contribution in [0.2, 0.25) is 0 Å². The normalized spacial score (nSPS) is 23.9. The quantitative estimate of drug-likeness (QED) is 0.739. The standard InChI is InChI=1S/C13H19BN2O4S/c1-9-2-4-12(5-3-9)21(19,20)15-11-6-10(13(17)18)7-16(14)8-11/h2-5,10-11,15H,6-8,14H2,1H3,(H,17,18)/t10-,11+/m0/s1. The van der Waals surface area contributed by atoms with E-state index in [0.29, 0.717) is 19.5 Å². The van der Waals surface area contributed by atoms with E-state index in [0.717, 1.165) is 5.56 Å². The Balaban J connectivity index is 2.12. The molecule has 1 aromatic rings. The number of aliphatic carboxylic acids is 1. The number of hydrogen-bond acceptors (Lipinski definition) is 4. The maximum atomic E-state index is 12.3. The zero-order chi connectivity index (χ0) is 15.6. The van der Waals surface area contributed by atoms with Crippen LogP contribution < -0.4 is 4.72 Å². The lowest BCUT2D eigenvalue weighted by molar-refractivity contribution is -0.143. The van der Waals surface area contributed by atoms with Gasteiger partial charge in [-0.25, -0.2) is 13.1 Å². The van der Waals surface area contributed by atoms with Crippen LogP contribution in [0.1, 0.15) is 12.0 Å². The molecule has 2 N–H and O–H groups in total. The van der Waals surface area contributed by atoms with Gasteiger partial charge in [0.25, 0.3) is 0 Å². The van der Waals surface area contributed by atoms with Gasteiger partial charge in [-0.2, -0.15) is 0 Å². The van der Waals surface area contributed by atoms with Crippen LogP contribution in [0.15, 0.2) is 29.2 Å². The molecule has 1 heterocycles. The van der Waals surface area contributed by atoms with E-state index >= 15 is 0 Å². The Morgan fingerprint density at radius 3 is 2.52 bits per heavy atom. The van der Waals surface area contributed by atoms with Crippen LogP contribution in [0.25, 0.3) is 0 Å². The minimum atomic E-state index is -3.62. The molecule has 0 aromatic heterocycles. The fourth-order valence-corrected chi connectivity index (χ4v) is 3.83. The van der Waals surface area contributed by atoms with Gasteiger partial charge in [0, 0.05) is 19.1 Å². The summed E-state index contributed by atoms with van der Waals surface area (Å²) in [6.45, 7) is 2.84. The van der Waals surface area contributed by atoms with Gasteiger partial charge in [0.15, 0.2) is 7.98 Å². The van der Waals surface area contributed by atoms with Crippen molar-refractivity contribution in [2.24, 2.45) is 5.92 Å². The highest BCUT2D eigenvalue weighted by molar-refractivity contribution is 7.89. The van der Waals surface area contributed by atoms with Gasteiger partial charge in [0.1, 0.15) is 0 Å². The summed E-state index contributed by atoms with van der Waals surface area (Å²) < 4.78 is 27.2. The number of hydrogen-bond donors (Lipinski definition) is 2. The highest BCUT2D eigenvalue weighted by Gasteiger charge is 2.32. The molecule has 1 saturated heterocycles. The number of rotatable bonds is 4. The van der Waals surface area contributed by atoms with Crippen LogP contribution in [-0.2, 0) is 14.8 Å². The molecular formula is C13H19BN2O4S. The van der Waals surface area contributed by atoms with Crippen LogP contribution >= 0.6 is 0 Å². The van der Waals surface area contributed by atoms with Crippen molar-refractivity contribution in [3.8, 4) is 0 Å². The van der Waals surface area contributed by atoms with Crippen molar-refractivity contribution in [3.05, 3.63) is 29.8 Å². The molecular weight excluding hydrogens is 291 g/mol. The third kappa shape index (κ3) is 4.06. The van der Waals surface area contributed by atoms with Gasteiger partial charge in [-0.05, 0) is 25.5 Å². The molecule has 0 amide bonds. The van der Waals surface area contributed by atoms with Crippen LogP contribution in [0.3, 0.4) is 0 Å². The molecule has 0 aliphatic carbocycles. The minimum absolute atomic E-state index is 0.202. The number of carboxylic acids is 1. The van der Waals surface area contributed by atoms with E-state index in [1.807, 2.05) is 11.7 Å². The van der Waals surface area contributed by atoms with Crippen molar-refractivity contribution in [2.45, 2.75) is 24.3 Å². The number of nitrogens with zero attached hydrogens (tertiary/aromatic N) is 1. The second-order valence-corrected chi connectivity index (χ2v) is 7.34. The summed E-state index contributed by atoms with van der Waals surface area (Å²) in [6, 6.07) is 6.19. The van der Waals surface area contributed by atoms with E-state index in [4.69, 9.17) is 5.11 Å². The summed E-state index contributed by atoms with van der Waals surface area (Å²) in [7, 11) is -1.82. The maximum absolute atomic E-state index is 12.3. The van der Waals surface area contributed by atoms with Crippen LogP contribution in [-0.4, -0.2) is 51.4 Å². The molecule has 114 valence electrons. The molecule has 8 heteroatoms. The van der Waals surface area contributed by atoms with Gasteiger partial charge in [-0.3, -0.25) is 4.79 Å². The van der Waals surface area contributed by atoms with Crippen LogP contribution in [0.4, 0.5) is 0 Å². The number of benzene rings is 1. The second kappa shape index (κ2) is 6.17. The Hall–Kier alpha value is -1.38. The average Bonchev–Trinajstić information content (AvgIpc) is 2.37. The molecule has 1 aliphatic heterocycles. The summed E-state index contributed by atoms with van der Waals surface area (Å²) in [5.41, 5.74) is 0.984. The first-order valence-corrected chi connectivity index (χ1v) is 8.26. The van der Waals surface area contributed by atoms with Gasteiger partial charge >= 0.3 is 5.97 Å². The molecule has 2 atom stereocenters. The number of piperidine rings is 1. The summed E-state index contributed by atoms with van der Waals surface area (Å²) in [6.07, 6.45) is 0.310. The van der Waals surface area contributed by atoms with Crippen molar-refractivity contribution in [1.82, 2.24) is 9.53 Å². The minimum Gasteiger partial charge on any atom is -0.481 e. The van der Waals surface area contributed by atoms with Crippen molar-refractivity contribution in [3.63, 3.8) is 0 Å². The van der Waals surface area contributed by atoms with Crippen molar-refractivity contribution in [1.29, 1.82) is 0 Å². The lowest BCUT2D eigenvalue weighted by Gasteiger charge is -2.34. The van der Waals surface area contributed by atoms with E-state index in [-0.39, 0.29) is 4.90 Å². The number of carbonyl (C=O) groups is 1. The first-order chi connectivity index (χ1) is 9.78. The first-order valence-electron chi connectivity index (χ1n) is 6.78. The van der Waals surface area contributed by atoms with E-state index < -0.39 is 28.0 Å². The fraction of sp³-hybridized carbons (Fsp3) is 0.462. The second-order valence-electron chi connectivity index (χ2n) is 5.62. The van der Waals surface area contributed by atoms with Gasteiger partial charge in [0.2, 0.25) is 10.0 Å². The van der Waals surface area contributed by atoms with Crippen LogP contribution in [0, 0.1) is 12.8 Å².